The number of nitrogens with zero attached hydrogens (tertiary/aromatic N) is 1. The number of halogens is 2. The van der Waals surface area contributed by atoms with Crippen LogP contribution >= 0.6 is 0 Å². The maximum absolute atomic E-state index is 12.8. The summed E-state index contributed by atoms with van der Waals surface area (Å²) in [6, 6.07) is -2.58. The lowest BCUT2D eigenvalue weighted by Crippen LogP contribution is -2.38. The van der Waals surface area contributed by atoms with Crippen LogP contribution in [0.3, 0.4) is 0 Å². The van der Waals surface area contributed by atoms with Gasteiger partial charge >= 0.3 is 6.05 Å². The Labute approximate surface area is 58.2 Å². The Morgan fingerprint density at radius 2 is 2.30 bits per heavy atom. The van der Waals surface area contributed by atoms with Gasteiger partial charge in [-0.15, -0.1) is 0 Å². The molecule has 0 spiro atoms. The first kappa shape index (κ1) is 6.49. The Morgan fingerprint density at radius 3 is 3.00 bits per heavy atom. The Kier molecular flexibility index (Phi) is 1.22. The molecule has 0 radical (unpaired) electrons. The first-order valence-corrected chi connectivity index (χ1v) is 3.58. The average Bonchev–Trinajstić information content (AvgIpc) is 2.36. The van der Waals surface area contributed by atoms with Crippen molar-refractivity contribution in [2.24, 2.45) is 0 Å². The van der Waals surface area contributed by atoms with Crippen LogP contribution in [0.4, 0.5) is 8.78 Å². The number of hydrogen-bond donors (Lipinski definition) is 1. The normalized spacial score (nSPS) is 38.4. The molecular formula is C6H10F2N2. The molecule has 10 heavy (non-hydrogen) atoms. The van der Waals surface area contributed by atoms with Gasteiger partial charge in [-0.3, -0.25) is 5.32 Å². The smallest absolute Gasteiger partial charge is 0.294 e. The molecule has 0 aliphatic carbocycles. The van der Waals surface area contributed by atoms with E-state index in [4.69, 9.17) is 0 Å². The molecule has 2 fully saturated rings. The lowest BCUT2D eigenvalue weighted by molar-refractivity contribution is -0.109. The second-order valence-corrected chi connectivity index (χ2v) is 2.90. The number of hydrogen-bond acceptors (Lipinski definition) is 2. The molecule has 0 aromatic heterocycles. The summed E-state index contributed by atoms with van der Waals surface area (Å²) in [5.41, 5.74) is 0. The minimum atomic E-state index is -2.58. The van der Waals surface area contributed by atoms with Gasteiger partial charge < -0.3 is 0 Å². The van der Waals surface area contributed by atoms with Crippen molar-refractivity contribution < 1.29 is 8.78 Å². The zero-order chi connectivity index (χ0) is 7.19. The van der Waals surface area contributed by atoms with E-state index in [0.29, 0.717) is 6.54 Å². The minimum Gasteiger partial charge on any atom is -0.294 e. The van der Waals surface area contributed by atoms with Crippen molar-refractivity contribution in [2.45, 2.75) is 25.1 Å². The van der Waals surface area contributed by atoms with Gasteiger partial charge in [0.15, 0.2) is 0 Å². The van der Waals surface area contributed by atoms with Crippen LogP contribution in [-0.2, 0) is 0 Å². The van der Waals surface area contributed by atoms with Gasteiger partial charge in [0.25, 0.3) is 0 Å². The second-order valence-electron chi connectivity index (χ2n) is 2.90. The molecule has 1 atom stereocenters. The molecule has 2 rings (SSSR count). The fraction of sp³-hybridized carbons (Fsp3) is 1.00. The third kappa shape index (κ3) is 0.754. The molecule has 2 saturated heterocycles. The van der Waals surface area contributed by atoms with Gasteiger partial charge in [0.1, 0.15) is 0 Å². The van der Waals surface area contributed by atoms with Gasteiger partial charge in [-0.1, -0.05) is 0 Å². The topological polar surface area (TPSA) is 15.3 Å². The third-order valence-corrected chi connectivity index (χ3v) is 2.22. The highest BCUT2D eigenvalue weighted by atomic mass is 19.3. The largest absolute Gasteiger partial charge is 0.318 e. The molecule has 0 aromatic rings. The quantitative estimate of drug-likeness (QED) is 0.506. The zero-order valence-electron chi connectivity index (χ0n) is 5.61. The third-order valence-electron chi connectivity index (χ3n) is 2.22. The molecule has 58 valence electrons. The molecule has 1 N–H and O–H groups in total. The van der Waals surface area contributed by atoms with Crippen LogP contribution in [0.5, 0.6) is 0 Å². The summed E-state index contributed by atoms with van der Waals surface area (Å²) >= 11 is 0. The van der Waals surface area contributed by atoms with Gasteiger partial charge in [0, 0.05) is 6.54 Å². The van der Waals surface area contributed by atoms with Crippen molar-refractivity contribution in [3.63, 3.8) is 0 Å². The van der Waals surface area contributed by atoms with Crippen molar-refractivity contribution >= 4 is 0 Å². The summed E-state index contributed by atoms with van der Waals surface area (Å²) in [7, 11) is 0. The highest BCUT2D eigenvalue weighted by molar-refractivity contribution is 4.90. The Hall–Kier alpha value is -0.220. The molecule has 2 aliphatic rings. The number of rotatable bonds is 0. The average molecular weight is 148 g/mol. The fourth-order valence-corrected chi connectivity index (χ4v) is 1.71. The van der Waals surface area contributed by atoms with Gasteiger partial charge in [-0.25, -0.2) is 4.90 Å². The van der Waals surface area contributed by atoms with Crippen molar-refractivity contribution in [2.75, 3.05) is 13.1 Å². The summed E-state index contributed by atoms with van der Waals surface area (Å²) in [6.07, 6.45) is 1.72. The summed E-state index contributed by atoms with van der Waals surface area (Å²) in [5, 5.41) is 2.78. The zero-order valence-corrected chi connectivity index (χ0v) is 5.61. The van der Waals surface area contributed by atoms with Crippen LogP contribution in [-0.4, -0.2) is 30.2 Å². The molecule has 0 aromatic carbocycles. The van der Waals surface area contributed by atoms with E-state index >= 15 is 0 Å². The highest BCUT2D eigenvalue weighted by Crippen LogP contribution is 2.32. The molecule has 4 heteroatoms. The number of nitrogens with one attached hydrogen (secondary N) is 1. The van der Waals surface area contributed by atoms with Crippen LogP contribution in [0.1, 0.15) is 12.8 Å². The van der Waals surface area contributed by atoms with Crippen LogP contribution in [0, 0.1) is 0 Å². The Bertz CT molecular complexity index is 149. The van der Waals surface area contributed by atoms with Crippen molar-refractivity contribution in [3.05, 3.63) is 0 Å². The first-order chi connectivity index (χ1) is 4.70. The van der Waals surface area contributed by atoms with Crippen LogP contribution < -0.4 is 5.32 Å². The molecule has 2 nitrogen and oxygen atoms in total. The van der Waals surface area contributed by atoms with Gasteiger partial charge in [0.2, 0.25) is 0 Å². The summed E-state index contributed by atoms with van der Waals surface area (Å²) in [6.45, 7) is 0.377. The predicted octanol–water partition coefficient (Wildman–Crippen LogP) is 0.604. The fourth-order valence-electron chi connectivity index (χ4n) is 1.71. The maximum atomic E-state index is 12.8. The molecule has 0 bridgehead atoms. The Balaban J connectivity index is 2.16. The molecule has 1 unspecified atom stereocenters. The van der Waals surface area contributed by atoms with Crippen LogP contribution in [0.25, 0.3) is 0 Å². The lowest BCUT2D eigenvalue weighted by atomic mass is 10.3. The van der Waals surface area contributed by atoms with E-state index in [1.54, 1.807) is 0 Å². The highest BCUT2D eigenvalue weighted by Gasteiger charge is 2.49. The standard InChI is InChI=1S/C6H10F2N2/c7-6(8)4-9-5-2-1-3-10(5)6/h5,9H,1-4H2. The second kappa shape index (κ2) is 1.89. The monoisotopic (exact) mass is 148 g/mol. The predicted molar refractivity (Wildman–Crippen MR) is 32.7 cm³/mol. The molecule has 0 saturated carbocycles. The van der Waals surface area contributed by atoms with E-state index in [2.05, 4.69) is 5.32 Å². The van der Waals surface area contributed by atoms with E-state index in [1.165, 1.54) is 4.90 Å². The lowest BCUT2D eigenvalue weighted by Gasteiger charge is -2.20. The van der Waals surface area contributed by atoms with E-state index in [0.717, 1.165) is 12.8 Å². The molecule has 2 heterocycles. The van der Waals surface area contributed by atoms with Crippen LogP contribution in [0.15, 0.2) is 0 Å². The van der Waals surface area contributed by atoms with Gasteiger partial charge in [-0.05, 0) is 12.8 Å². The van der Waals surface area contributed by atoms with E-state index in [1.807, 2.05) is 0 Å². The van der Waals surface area contributed by atoms with Crippen LogP contribution in [0.2, 0.25) is 0 Å². The van der Waals surface area contributed by atoms with Gasteiger partial charge in [-0.2, -0.15) is 8.78 Å². The minimum absolute atomic E-state index is 0.0463. The number of alkyl halides is 2. The molecule has 2 aliphatic heterocycles. The van der Waals surface area contributed by atoms with E-state index in [9.17, 15) is 8.78 Å². The van der Waals surface area contributed by atoms with Gasteiger partial charge in [0.05, 0.1) is 12.7 Å². The van der Waals surface area contributed by atoms with Crippen molar-refractivity contribution in [1.29, 1.82) is 0 Å². The molecular weight excluding hydrogens is 138 g/mol. The summed E-state index contributed by atoms with van der Waals surface area (Å²) < 4.78 is 25.5. The Morgan fingerprint density at radius 1 is 1.50 bits per heavy atom. The number of fused-ring (bicyclic) bond motifs is 1. The van der Waals surface area contributed by atoms with E-state index < -0.39 is 6.05 Å². The SMILES string of the molecule is FC1(F)CNC2CCCN21. The maximum Gasteiger partial charge on any atom is 0.318 e. The van der Waals surface area contributed by atoms with Crippen molar-refractivity contribution in [3.8, 4) is 0 Å². The summed E-state index contributed by atoms with van der Waals surface area (Å²) in [4.78, 5) is 1.26. The van der Waals surface area contributed by atoms with E-state index in [-0.39, 0.29) is 12.7 Å². The first-order valence-electron chi connectivity index (χ1n) is 3.58. The molecule has 0 amide bonds. The summed E-state index contributed by atoms with van der Waals surface area (Å²) in [5.74, 6) is 0. The van der Waals surface area contributed by atoms with Crippen molar-refractivity contribution in [1.82, 2.24) is 10.2 Å².